The standard InChI is InChI=1S/C15H31N2O4P/c1-5-11-15(20-3)14(18)12-9-7-6-8-10-13-22(4,16)21-17(2)19/h5,11,19H,6-10,12-13,16H2,1-4H3/p+1/b11-5-,15-14-. The fraction of sp³-hybridized carbons (Fsp3) is 0.733. The molecule has 0 aliphatic carbocycles. The summed E-state index contributed by atoms with van der Waals surface area (Å²) in [7, 11) is 0.993. The lowest BCUT2D eigenvalue weighted by molar-refractivity contribution is -0.260. The van der Waals surface area contributed by atoms with Gasteiger partial charge in [-0.05, 0) is 37.5 Å². The van der Waals surface area contributed by atoms with Crippen LogP contribution in [-0.2, 0) is 9.36 Å². The van der Waals surface area contributed by atoms with Crippen LogP contribution in [0.3, 0.4) is 0 Å². The maximum absolute atomic E-state index is 9.88. The third kappa shape index (κ3) is 11.0. The molecule has 0 radical (unpaired) electrons. The van der Waals surface area contributed by atoms with Gasteiger partial charge in [-0.25, -0.2) is 0 Å². The van der Waals surface area contributed by atoms with Crippen LogP contribution in [-0.4, -0.2) is 42.5 Å². The molecule has 0 aromatic rings. The van der Waals surface area contributed by atoms with Crippen molar-refractivity contribution >= 4 is 7.64 Å². The quantitative estimate of drug-likeness (QED) is 0.164. The average Bonchev–Trinajstić information content (AvgIpc) is 2.41. The number of hydroxylamine groups is 2. The topological polar surface area (TPSA) is 88.2 Å². The van der Waals surface area contributed by atoms with Crippen LogP contribution < -0.4 is 5.50 Å². The molecule has 6 nitrogen and oxygen atoms in total. The maximum Gasteiger partial charge on any atom is 0.236 e. The summed E-state index contributed by atoms with van der Waals surface area (Å²) in [6.07, 6.45) is 10.2. The molecule has 4 N–H and O–H groups in total. The van der Waals surface area contributed by atoms with E-state index < -0.39 is 7.64 Å². The van der Waals surface area contributed by atoms with Gasteiger partial charge in [-0.2, -0.15) is 5.50 Å². The largest absolute Gasteiger partial charge is 0.508 e. The van der Waals surface area contributed by atoms with Crippen molar-refractivity contribution in [1.82, 2.24) is 5.23 Å². The van der Waals surface area contributed by atoms with Crippen LogP contribution >= 0.6 is 7.64 Å². The van der Waals surface area contributed by atoms with Crippen molar-refractivity contribution in [3.05, 3.63) is 23.7 Å². The minimum Gasteiger partial charge on any atom is -0.508 e. The van der Waals surface area contributed by atoms with Gasteiger partial charge in [0.1, 0.15) is 11.9 Å². The first-order valence-corrected chi connectivity index (χ1v) is 10.1. The van der Waals surface area contributed by atoms with Gasteiger partial charge in [0.05, 0.1) is 13.8 Å². The second-order valence-corrected chi connectivity index (χ2v) is 8.44. The molecule has 0 fully saturated rings. The first-order chi connectivity index (χ1) is 10.3. The molecule has 0 saturated heterocycles. The van der Waals surface area contributed by atoms with Crippen molar-refractivity contribution in [2.45, 2.75) is 45.4 Å². The number of aliphatic hydroxyl groups excluding tert-OH is 1. The molecular weight excluding hydrogens is 303 g/mol. The van der Waals surface area contributed by atoms with E-state index in [1.807, 2.05) is 19.7 Å². The average molecular weight is 335 g/mol. The van der Waals surface area contributed by atoms with Crippen LogP contribution in [0.2, 0.25) is 0 Å². The molecule has 0 bridgehead atoms. The number of nitrogens with two attached hydrogens (primary N) is 1. The highest BCUT2D eigenvalue weighted by atomic mass is 31.2. The molecule has 0 saturated carbocycles. The summed E-state index contributed by atoms with van der Waals surface area (Å²) in [4.78, 5) is 0. The van der Waals surface area contributed by atoms with Crippen LogP contribution in [0.4, 0.5) is 0 Å². The molecule has 0 heterocycles. The van der Waals surface area contributed by atoms with Gasteiger partial charge >= 0.3 is 0 Å². The fourth-order valence-corrected chi connectivity index (χ4v) is 3.59. The number of rotatable bonds is 12. The van der Waals surface area contributed by atoms with Crippen LogP contribution in [0.25, 0.3) is 0 Å². The normalized spacial score (nSPS) is 16.0. The lowest BCUT2D eigenvalue weighted by Crippen LogP contribution is -2.20. The predicted octanol–water partition coefficient (Wildman–Crippen LogP) is 4.01. The van der Waals surface area contributed by atoms with Gasteiger partial charge in [-0.3, -0.25) is 5.21 Å². The Hall–Kier alpha value is -0.650. The molecule has 0 aliphatic rings. The third-order valence-corrected chi connectivity index (χ3v) is 4.96. The van der Waals surface area contributed by atoms with Gasteiger partial charge in [-0.15, -0.1) is 4.62 Å². The Morgan fingerprint density at radius 1 is 1.23 bits per heavy atom. The van der Waals surface area contributed by atoms with E-state index in [2.05, 4.69) is 0 Å². The van der Waals surface area contributed by atoms with Crippen molar-refractivity contribution in [1.29, 1.82) is 0 Å². The predicted molar refractivity (Wildman–Crippen MR) is 91.7 cm³/mol. The zero-order valence-electron chi connectivity index (χ0n) is 14.3. The van der Waals surface area contributed by atoms with Gasteiger partial charge < -0.3 is 9.84 Å². The minimum atomic E-state index is -1.99. The molecular formula is C15H32N2O4P+. The summed E-state index contributed by atoms with van der Waals surface area (Å²) in [5.74, 6) is 0.844. The molecule has 1 unspecified atom stereocenters. The van der Waals surface area contributed by atoms with Gasteiger partial charge in [-0.1, -0.05) is 18.9 Å². The van der Waals surface area contributed by atoms with Gasteiger partial charge in [0.25, 0.3) is 0 Å². The highest BCUT2D eigenvalue weighted by Crippen LogP contribution is 2.48. The van der Waals surface area contributed by atoms with E-state index >= 15 is 0 Å². The highest BCUT2D eigenvalue weighted by molar-refractivity contribution is 7.68. The Bertz CT molecular complexity index is 357. The first kappa shape index (κ1) is 21.4. The molecule has 0 aromatic heterocycles. The van der Waals surface area contributed by atoms with Crippen molar-refractivity contribution in [3.8, 4) is 0 Å². The zero-order valence-corrected chi connectivity index (χ0v) is 15.2. The summed E-state index contributed by atoms with van der Waals surface area (Å²) in [6, 6.07) is 0. The second-order valence-electron chi connectivity index (χ2n) is 5.48. The summed E-state index contributed by atoms with van der Waals surface area (Å²) < 4.78 is 10.3. The molecule has 0 aromatic carbocycles. The number of hydrogen-bond acceptors (Lipinski definition) is 6. The second kappa shape index (κ2) is 11.9. The van der Waals surface area contributed by atoms with Gasteiger partial charge in [0.15, 0.2) is 5.76 Å². The van der Waals surface area contributed by atoms with Crippen LogP contribution in [0.1, 0.15) is 45.4 Å². The molecule has 22 heavy (non-hydrogen) atoms. The van der Waals surface area contributed by atoms with E-state index in [4.69, 9.17) is 20.1 Å². The third-order valence-electron chi connectivity index (χ3n) is 3.14. The number of unbranched alkanes of at least 4 members (excludes halogenated alkanes) is 4. The summed E-state index contributed by atoms with van der Waals surface area (Å²) in [5.41, 5.74) is 6.00. The number of allylic oxidation sites excluding steroid dienone is 3. The number of methoxy groups -OCH3 is 1. The van der Waals surface area contributed by atoms with E-state index in [0.717, 1.165) is 38.3 Å². The molecule has 0 rings (SSSR count). The Kier molecular flexibility index (Phi) is 11.5. The van der Waals surface area contributed by atoms with Crippen LogP contribution in [0, 0.1) is 0 Å². The van der Waals surface area contributed by atoms with E-state index in [0.29, 0.717) is 23.2 Å². The SMILES string of the molecule is C/C=C\C(OC)=C(\O)CCCCCCC[P+](C)(N)ON(C)O. The van der Waals surface area contributed by atoms with E-state index in [-0.39, 0.29) is 0 Å². The summed E-state index contributed by atoms with van der Waals surface area (Å²) in [6.45, 7) is 3.74. The molecule has 7 heteroatoms. The first-order valence-electron chi connectivity index (χ1n) is 7.67. The van der Waals surface area contributed by atoms with Crippen molar-refractivity contribution in [2.75, 3.05) is 27.0 Å². The van der Waals surface area contributed by atoms with Gasteiger partial charge in [0.2, 0.25) is 7.64 Å². The maximum atomic E-state index is 9.88. The summed E-state index contributed by atoms with van der Waals surface area (Å²) >= 11 is 0. The lowest BCUT2D eigenvalue weighted by atomic mass is 10.1. The Balaban J connectivity index is 3.78. The Labute approximate surface area is 135 Å². The number of aliphatic hydroxyl groups is 1. The minimum absolute atomic E-state index is 0.306. The monoisotopic (exact) mass is 335 g/mol. The number of nitrogens with zero attached hydrogens (tertiary/aromatic N) is 1. The Morgan fingerprint density at radius 3 is 2.36 bits per heavy atom. The van der Waals surface area contributed by atoms with Crippen LogP contribution in [0.15, 0.2) is 23.7 Å². The summed E-state index contributed by atoms with van der Waals surface area (Å²) in [5, 5.41) is 19.6. The molecule has 0 amide bonds. The fourth-order valence-electron chi connectivity index (χ4n) is 2.12. The van der Waals surface area contributed by atoms with Crippen molar-refractivity contribution in [3.63, 3.8) is 0 Å². The van der Waals surface area contributed by atoms with Crippen molar-refractivity contribution in [2.24, 2.45) is 5.50 Å². The molecule has 1 atom stereocenters. The molecule has 0 aliphatic heterocycles. The number of hydrogen-bond donors (Lipinski definition) is 3. The lowest BCUT2D eigenvalue weighted by Gasteiger charge is -2.17. The van der Waals surface area contributed by atoms with Crippen LogP contribution in [0.5, 0.6) is 0 Å². The Morgan fingerprint density at radius 2 is 1.82 bits per heavy atom. The van der Waals surface area contributed by atoms with Gasteiger partial charge in [0, 0.05) is 13.5 Å². The molecule has 130 valence electrons. The van der Waals surface area contributed by atoms with E-state index in [1.165, 1.54) is 7.05 Å². The zero-order chi connectivity index (χ0) is 17.0. The molecule has 0 spiro atoms. The number of ether oxygens (including phenoxy) is 1. The smallest absolute Gasteiger partial charge is 0.236 e. The van der Waals surface area contributed by atoms with E-state index in [9.17, 15) is 5.11 Å². The van der Waals surface area contributed by atoms with E-state index in [1.54, 1.807) is 13.2 Å². The van der Waals surface area contributed by atoms with Crippen molar-refractivity contribution < 1.29 is 19.7 Å². The highest BCUT2D eigenvalue weighted by Gasteiger charge is 2.30.